The Morgan fingerprint density at radius 3 is 2.17 bits per heavy atom. The summed E-state index contributed by atoms with van der Waals surface area (Å²) in [4.78, 5) is 45.4. The number of nitrogens with zero attached hydrogens (tertiary/aromatic N) is 2. The van der Waals surface area contributed by atoms with Gasteiger partial charge in [0.15, 0.2) is 6.04 Å². The van der Waals surface area contributed by atoms with E-state index in [1.165, 1.54) is 35.6 Å². The van der Waals surface area contributed by atoms with E-state index in [9.17, 15) is 32.7 Å². The number of aromatic nitrogens is 1. The van der Waals surface area contributed by atoms with Gasteiger partial charge < -0.3 is 25.4 Å². The van der Waals surface area contributed by atoms with Crippen molar-refractivity contribution in [2.75, 3.05) is 6.54 Å². The monoisotopic (exact) mass is 598 g/mol. The summed E-state index contributed by atoms with van der Waals surface area (Å²) in [6.07, 6.45) is -7.09. The molecule has 3 rings (SSSR count). The van der Waals surface area contributed by atoms with Gasteiger partial charge in [-0.15, -0.1) is 11.3 Å². The number of hydrogen-bond donors (Lipinski definition) is 3. The van der Waals surface area contributed by atoms with Crippen molar-refractivity contribution in [3.8, 4) is 10.4 Å². The predicted molar refractivity (Wildman–Crippen MR) is 148 cm³/mol. The number of nitrogens with one attached hydrogen (secondary N) is 2. The summed E-state index contributed by atoms with van der Waals surface area (Å²) in [5.74, 6) is -1.78. The van der Waals surface area contributed by atoms with E-state index in [4.69, 9.17) is 4.74 Å². The van der Waals surface area contributed by atoms with E-state index in [2.05, 4.69) is 10.3 Å². The standard InChI is InChI=1S/C28H37F3N4O5S/c1-15-20(41-14-32-15)16-8-10-17(11-9-16)21(28(29,30)31)33-23(37)19-12-18(36)13-35(19)24(38)22(26(2,3)4)34-25(39)40-27(5,6)7/h8-11,14,18-19,21-22,36H,12-13H2,1-7H3,(H,33,37)(H,34,39)/t18-,19+,21-,22-/m1/s1. The molecule has 3 N–H and O–H groups in total. The number of alkyl carbamates (subject to hydrolysis) is 1. The lowest BCUT2D eigenvalue weighted by molar-refractivity contribution is -0.165. The van der Waals surface area contributed by atoms with Crippen LogP contribution in [0.1, 0.15) is 65.3 Å². The molecule has 2 heterocycles. The lowest BCUT2D eigenvalue weighted by Crippen LogP contribution is -2.58. The molecule has 13 heteroatoms. The topological polar surface area (TPSA) is 121 Å². The lowest BCUT2D eigenvalue weighted by Gasteiger charge is -2.36. The number of aryl methyl sites for hydroxylation is 1. The van der Waals surface area contributed by atoms with Crippen LogP contribution in [-0.4, -0.2) is 69.4 Å². The number of hydrogen-bond acceptors (Lipinski definition) is 7. The normalized spacial score (nSPS) is 19.4. The van der Waals surface area contributed by atoms with E-state index in [0.29, 0.717) is 5.56 Å². The van der Waals surface area contributed by atoms with Gasteiger partial charge in [0.05, 0.1) is 22.2 Å². The highest BCUT2D eigenvalue weighted by molar-refractivity contribution is 7.13. The highest BCUT2D eigenvalue weighted by Crippen LogP contribution is 2.36. The fourth-order valence-electron chi connectivity index (χ4n) is 4.54. The largest absolute Gasteiger partial charge is 0.444 e. The molecule has 9 nitrogen and oxygen atoms in total. The predicted octanol–water partition coefficient (Wildman–Crippen LogP) is 4.74. The molecule has 0 radical (unpaired) electrons. The number of β-amino-alcohol motifs (C(OH)–C–C–N with tert-alkyl or cyclic N) is 1. The summed E-state index contributed by atoms with van der Waals surface area (Å²) in [7, 11) is 0. The fourth-order valence-corrected chi connectivity index (χ4v) is 5.36. The van der Waals surface area contributed by atoms with Crippen LogP contribution in [0, 0.1) is 12.3 Å². The molecule has 226 valence electrons. The molecule has 0 saturated carbocycles. The van der Waals surface area contributed by atoms with E-state index >= 15 is 0 Å². The van der Waals surface area contributed by atoms with Gasteiger partial charge >= 0.3 is 12.3 Å². The van der Waals surface area contributed by atoms with E-state index in [-0.39, 0.29) is 18.5 Å². The Morgan fingerprint density at radius 1 is 1.07 bits per heavy atom. The third-order valence-corrected chi connectivity index (χ3v) is 7.48. The number of benzene rings is 1. The van der Waals surface area contributed by atoms with Crippen LogP contribution in [-0.2, 0) is 14.3 Å². The molecule has 1 fully saturated rings. The summed E-state index contributed by atoms with van der Waals surface area (Å²) in [6, 6.07) is 0.739. The number of carbonyl (C=O) groups excluding carboxylic acids is 3. The molecule has 41 heavy (non-hydrogen) atoms. The SMILES string of the molecule is Cc1ncsc1-c1ccc([C@@H](NC(=O)[C@@H]2C[C@@H](O)CN2C(=O)[C@@H](NC(=O)OC(C)(C)C)C(C)(C)C)C(F)(F)F)cc1. The molecule has 1 aromatic carbocycles. The molecular formula is C28H37F3N4O5S. The van der Waals surface area contributed by atoms with Crippen molar-refractivity contribution in [3.05, 3.63) is 41.0 Å². The van der Waals surface area contributed by atoms with E-state index in [1.54, 1.807) is 54.0 Å². The second kappa shape index (κ2) is 12.0. The van der Waals surface area contributed by atoms with Gasteiger partial charge in [-0.25, -0.2) is 9.78 Å². The maximum absolute atomic E-state index is 14.2. The molecule has 0 unspecified atom stereocenters. The van der Waals surface area contributed by atoms with Gasteiger partial charge in [-0.2, -0.15) is 13.2 Å². The van der Waals surface area contributed by atoms with Crippen molar-refractivity contribution in [1.29, 1.82) is 0 Å². The Bertz CT molecular complexity index is 1250. The minimum atomic E-state index is -4.84. The number of likely N-dealkylation sites (tertiary alicyclic amines) is 1. The van der Waals surface area contributed by atoms with Crippen LogP contribution < -0.4 is 10.6 Å². The molecular weight excluding hydrogens is 561 g/mol. The van der Waals surface area contributed by atoms with Crippen LogP contribution in [0.25, 0.3) is 10.4 Å². The highest BCUT2D eigenvalue weighted by Gasteiger charge is 2.48. The lowest BCUT2D eigenvalue weighted by atomic mass is 9.85. The molecule has 4 atom stereocenters. The van der Waals surface area contributed by atoms with Crippen molar-refractivity contribution in [3.63, 3.8) is 0 Å². The summed E-state index contributed by atoms with van der Waals surface area (Å²) in [5, 5.41) is 14.9. The summed E-state index contributed by atoms with van der Waals surface area (Å²) in [6.45, 7) is 11.5. The Labute approximate surface area is 241 Å². The number of rotatable bonds is 6. The molecule has 1 aliphatic rings. The molecule has 3 amide bonds. The number of carbonyl (C=O) groups is 3. The Morgan fingerprint density at radius 2 is 1.68 bits per heavy atom. The smallest absolute Gasteiger partial charge is 0.412 e. The zero-order valence-electron chi connectivity index (χ0n) is 24.1. The Kier molecular flexibility index (Phi) is 9.43. The number of aliphatic hydroxyl groups is 1. The van der Waals surface area contributed by atoms with Crippen LogP contribution in [0.4, 0.5) is 18.0 Å². The molecule has 1 aliphatic heterocycles. The summed E-state index contributed by atoms with van der Waals surface area (Å²) >= 11 is 1.36. The first kappa shape index (κ1) is 32.3. The van der Waals surface area contributed by atoms with Gasteiger partial charge in [0, 0.05) is 13.0 Å². The van der Waals surface area contributed by atoms with Gasteiger partial charge in [0.2, 0.25) is 11.8 Å². The average molecular weight is 599 g/mol. The maximum atomic E-state index is 14.2. The van der Waals surface area contributed by atoms with Crippen molar-refractivity contribution < 1.29 is 37.4 Å². The zero-order valence-corrected chi connectivity index (χ0v) is 24.9. The van der Waals surface area contributed by atoms with Gasteiger partial charge in [-0.3, -0.25) is 9.59 Å². The minimum Gasteiger partial charge on any atom is -0.444 e. The third-order valence-electron chi connectivity index (χ3n) is 6.50. The molecule has 1 aromatic heterocycles. The number of amides is 3. The van der Waals surface area contributed by atoms with E-state index in [1.807, 2.05) is 5.32 Å². The van der Waals surface area contributed by atoms with Crippen LogP contribution >= 0.6 is 11.3 Å². The number of alkyl halides is 3. The first-order valence-electron chi connectivity index (χ1n) is 13.1. The third kappa shape index (κ3) is 8.19. The maximum Gasteiger partial charge on any atom is 0.412 e. The second-order valence-electron chi connectivity index (χ2n) is 12.2. The second-order valence-corrected chi connectivity index (χ2v) is 13.1. The molecule has 0 spiro atoms. The van der Waals surface area contributed by atoms with Crippen LogP contribution in [0.5, 0.6) is 0 Å². The molecule has 0 aliphatic carbocycles. The summed E-state index contributed by atoms with van der Waals surface area (Å²) < 4.78 is 47.8. The van der Waals surface area contributed by atoms with Gasteiger partial charge in [-0.1, -0.05) is 45.0 Å². The van der Waals surface area contributed by atoms with Crippen LogP contribution in [0.2, 0.25) is 0 Å². The average Bonchev–Trinajstić information content (AvgIpc) is 3.43. The van der Waals surface area contributed by atoms with Crippen molar-refractivity contribution >= 4 is 29.2 Å². The Hall–Kier alpha value is -3.19. The fraction of sp³-hybridized carbons (Fsp3) is 0.571. The van der Waals surface area contributed by atoms with Crippen LogP contribution in [0.15, 0.2) is 29.8 Å². The van der Waals surface area contributed by atoms with Crippen molar-refractivity contribution in [1.82, 2.24) is 20.5 Å². The molecule has 2 aromatic rings. The number of halogens is 3. The first-order valence-corrected chi connectivity index (χ1v) is 14.0. The van der Waals surface area contributed by atoms with E-state index < -0.39 is 59.3 Å². The summed E-state index contributed by atoms with van der Waals surface area (Å²) in [5.41, 5.74) is 1.21. The van der Waals surface area contributed by atoms with E-state index in [0.717, 1.165) is 15.5 Å². The Balaban J connectivity index is 1.84. The van der Waals surface area contributed by atoms with Gasteiger partial charge in [0.25, 0.3) is 0 Å². The zero-order chi connectivity index (χ0) is 30.9. The van der Waals surface area contributed by atoms with Gasteiger partial charge in [0.1, 0.15) is 17.7 Å². The minimum absolute atomic E-state index is 0.188. The van der Waals surface area contributed by atoms with Crippen molar-refractivity contribution in [2.45, 2.75) is 90.9 Å². The van der Waals surface area contributed by atoms with Crippen LogP contribution in [0.3, 0.4) is 0 Å². The molecule has 0 bridgehead atoms. The van der Waals surface area contributed by atoms with Crippen molar-refractivity contribution in [2.24, 2.45) is 5.41 Å². The number of aliphatic hydroxyl groups excluding tert-OH is 1. The quantitative estimate of drug-likeness (QED) is 0.442. The number of thiazole rings is 1. The van der Waals surface area contributed by atoms with Gasteiger partial charge in [-0.05, 0) is 44.2 Å². The molecule has 1 saturated heterocycles. The highest BCUT2D eigenvalue weighted by atomic mass is 32.1. The first-order chi connectivity index (χ1) is 18.8. The number of ether oxygens (including phenoxy) is 1.